The number of hydrogen-bond donors (Lipinski definition) is 0. The van der Waals surface area contributed by atoms with Gasteiger partial charge in [-0.2, -0.15) is 0 Å². The molecule has 3 saturated heterocycles. The second kappa shape index (κ2) is 8.32. The number of amides is 2. The van der Waals surface area contributed by atoms with Gasteiger partial charge in [0.05, 0.1) is 5.56 Å². The van der Waals surface area contributed by atoms with Crippen LogP contribution < -0.4 is 0 Å². The number of carbonyl (C=O) groups is 2. The van der Waals surface area contributed by atoms with E-state index in [2.05, 4.69) is 14.8 Å². The molecule has 2 amide bonds. The fourth-order valence-electron chi connectivity index (χ4n) is 6.87. The van der Waals surface area contributed by atoms with Crippen molar-refractivity contribution in [2.24, 2.45) is 17.8 Å². The van der Waals surface area contributed by atoms with Crippen molar-refractivity contribution >= 4 is 11.8 Å². The van der Waals surface area contributed by atoms with E-state index >= 15 is 0 Å². The molecule has 0 N–H and O–H groups in total. The lowest BCUT2D eigenvalue weighted by molar-refractivity contribution is -0.153. The van der Waals surface area contributed by atoms with Gasteiger partial charge in [-0.15, -0.1) is 0 Å². The maximum atomic E-state index is 13.4. The van der Waals surface area contributed by atoms with Crippen molar-refractivity contribution in [2.45, 2.75) is 83.2 Å². The number of aryl methyl sites for hydroxylation is 1. The van der Waals surface area contributed by atoms with Gasteiger partial charge in [-0.25, -0.2) is 0 Å². The first kappa shape index (κ1) is 20.0. The van der Waals surface area contributed by atoms with Crippen molar-refractivity contribution in [1.29, 1.82) is 0 Å². The number of aromatic nitrogens is 1. The van der Waals surface area contributed by atoms with Gasteiger partial charge in [-0.1, -0.05) is 32.1 Å². The normalized spacial score (nSPS) is 32.1. The minimum atomic E-state index is 0.127. The molecule has 4 aliphatic rings. The molecule has 1 aromatic heterocycles. The lowest BCUT2D eigenvalue weighted by Crippen LogP contribution is -2.65. The maximum absolute atomic E-state index is 13.4. The third kappa shape index (κ3) is 3.65. The van der Waals surface area contributed by atoms with E-state index in [4.69, 9.17) is 0 Å². The highest BCUT2D eigenvalue weighted by Crippen LogP contribution is 2.44. The summed E-state index contributed by atoms with van der Waals surface area (Å²) in [6.45, 7) is 3.57. The minimum absolute atomic E-state index is 0.127. The minimum Gasteiger partial charge on any atom is -0.338 e. The molecule has 5 rings (SSSR count). The summed E-state index contributed by atoms with van der Waals surface area (Å²) < 4.78 is 0. The number of hydrogen-bond acceptors (Lipinski definition) is 3. The van der Waals surface area contributed by atoms with Crippen molar-refractivity contribution in [2.75, 3.05) is 13.1 Å². The Kier molecular flexibility index (Phi) is 5.55. The monoisotopic (exact) mass is 409 g/mol. The Morgan fingerprint density at radius 1 is 1.10 bits per heavy atom. The van der Waals surface area contributed by atoms with Crippen LogP contribution in [0.2, 0.25) is 0 Å². The number of likely N-dealkylation sites (tertiary alicyclic amines) is 1. The predicted molar refractivity (Wildman–Crippen MR) is 116 cm³/mol. The lowest BCUT2D eigenvalue weighted by atomic mass is 9.69. The van der Waals surface area contributed by atoms with Gasteiger partial charge in [-0.05, 0) is 62.0 Å². The second-order valence-electron chi connectivity index (χ2n) is 10.2. The quantitative estimate of drug-likeness (QED) is 0.752. The SMILES string of the molecule is Cc1ccncc1C(=O)N1C[C@H]2C[C@@H](C1)[C@H](CC1CCCCC1)N1C(=O)CCC[C@@H]21. The zero-order chi connectivity index (χ0) is 20.7. The summed E-state index contributed by atoms with van der Waals surface area (Å²) in [6, 6.07) is 2.58. The van der Waals surface area contributed by atoms with Crippen LogP contribution in [0.15, 0.2) is 18.5 Å². The molecule has 4 atom stereocenters. The largest absolute Gasteiger partial charge is 0.338 e. The van der Waals surface area contributed by atoms with Crippen molar-refractivity contribution < 1.29 is 9.59 Å². The smallest absolute Gasteiger partial charge is 0.255 e. The van der Waals surface area contributed by atoms with E-state index in [1.165, 1.54) is 38.5 Å². The van der Waals surface area contributed by atoms with E-state index in [1.807, 2.05) is 13.0 Å². The standard InChI is InChI=1S/C25H35N3O2/c1-17-10-11-26-14-21(17)25(30)27-15-19-13-20(16-27)23(12-18-6-3-2-4-7-18)28-22(19)8-5-9-24(28)29/h10-11,14,18-20,22-23H,2-9,12-13,15-16H2,1H3/t19-,20+,22+,23+/m1/s1. The molecule has 0 aromatic carbocycles. The molecule has 5 heteroatoms. The molecule has 0 unspecified atom stereocenters. The molecule has 1 aromatic rings. The third-order valence-electron chi connectivity index (χ3n) is 8.35. The molecule has 0 radical (unpaired) electrons. The molecular weight excluding hydrogens is 374 g/mol. The summed E-state index contributed by atoms with van der Waals surface area (Å²) in [5, 5.41) is 0. The predicted octanol–water partition coefficient (Wildman–Crippen LogP) is 4.20. The number of fused-ring (bicyclic) bond motifs is 4. The number of piperidine rings is 3. The Bertz CT molecular complexity index is 803. The number of nitrogens with zero attached hydrogens (tertiary/aromatic N) is 3. The maximum Gasteiger partial charge on any atom is 0.255 e. The summed E-state index contributed by atoms with van der Waals surface area (Å²) in [7, 11) is 0. The van der Waals surface area contributed by atoms with Gasteiger partial charge in [0.25, 0.3) is 5.91 Å². The highest BCUT2D eigenvalue weighted by Gasteiger charge is 2.50. The molecule has 4 heterocycles. The third-order valence-corrected chi connectivity index (χ3v) is 8.35. The molecule has 1 aliphatic carbocycles. The van der Waals surface area contributed by atoms with Crippen LogP contribution in [0.1, 0.15) is 80.1 Å². The van der Waals surface area contributed by atoms with Gasteiger partial charge >= 0.3 is 0 Å². The summed E-state index contributed by atoms with van der Waals surface area (Å²) in [5.74, 6) is 2.11. The number of carbonyl (C=O) groups excluding carboxylic acids is 2. The van der Waals surface area contributed by atoms with Crippen LogP contribution in [-0.2, 0) is 4.79 Å². The van der Waals surface area contributed by atoms with Crippen LogP contribution in [-0.4, -0.2) is 51.8 Å². The topological polar surface area (TPSA) is 53.5 Å². The van der Waals surface area contributed by atoms with Crippen LogP contribution in [0.25, 0.3) is 0 Å². The highest BCUT2D eigenvalue weighted by atomic mass is 16.2. The second-order valence-corrected chi connectivity index (χ2v) is 10.2. The first-order valence-corrected chi connectivity index (χ1v) is 12.1. The van der Waals surface area contributed by atoms with E-state index in [0.717, 1.165) is 49.4 Å². The van der Waals surface area contributed by atoms with Crippen molar-refractivity contribution in [3.8, 4) is 0 Å². The molecule has 162 valence electrons. The van der Waals surface area contributed by atoms with Crippen molar-refractivity contribution in [3.05, 3.63) is 29.6 Å². The van der Waals surface area contributed by atoms with E-state index in [9.17, 15) is 9.59 Å². The molecule has 30 heavy (non-hydrogen) atoms. The zero-order valence-electron chi connectivity index (χ0n) is 18.3. The number of pyridine rings is 1. The Hall–Kier alpha value is -1.91. The Morgan fingerprint density at radius 3 is 2.70 bits per heavy atom. The van der Waals surface area contributed by atoms with Gasteiger partial charge in [0.2, 0.25) is 5.91 Å². The van der Waals surface area contributed by atoms with E-state index in [1.54, 1.807) is 12.4 Å². The average Bonchev–Trinajstić information content (AvgIpc) is 2.77. The Balaban J connectivity index is 1.40. The van der Waals surface area contributed by atoms with Crippen LogP contribution in [0.5, 0.6) is 0 Å². The van der Waals surface area contributed by atoms with Crippen molar-refractivity contribution in [1.82, 2.24) is 14.8 Å². The molecule has 2 bridgehead atoms. The van der Waals surface area contributed by atoms with E-state index in [0.29, 0.717) is 36.2 Å². The van der Waals surface area contributed by atoms with Gasteiger partial charge < -0.3 is 9.80 Å². The van der Waals surface area contributed by atoms with Crippen LogP contribution in [0.3, 0.4) is 0 Å². The van der Waals surface area contributed by atoms with Gasteiger partial charge in [0.1, 0.15) is 0 Å². The number of rotatable bonds is 3. The summed E-state index contributed by atoms with van der Waals surface area (Å²) in [6.07, 6.45) is 15.3. The molecule has 0 spiro atoms. The summed E-state index contributed by atoms with van der Waals surface area (Å²) in [5.41, 5.74) is 1.73. The highest BCUT2D eigenvalue weighted by molar-refractivity contribution is 5.95. The summed E-state index contributed by atoms with van der Waals surface area (Å²) in [4.78, 5) is 35.0. The molecular formula is C25H35N3O2. The van der Waals surface area contributed by atoms with Gasteiger partial charge in [0.15, 0.2) is 0 Å². The fourth-order valence-corrected chi connectivity index (χ4v) is 6.87. The first-order chi connectivity index (χ1) is 14.6. The molecule has 5 nitrogen and oxygen atoms in total. The molecule has 4 fully saturated rings. The lowest BCUT2D eigenvalue weighted by Gasteiger charge is -2.57. The van der Waals surface area contributed by atoms with E-state index < -0.39 is 0 Å². The van der Waals surface area contributed by atoms with Gasteiger partial charge in [0, 0.05) is 44.0 Å². The Labute approximate surface area is 180 Å². The van der Waals surface area contributed by atoms with Crippen LogP contribution in [0.4, 0.5) is 0 Å². The average molecular weight is 410 g/mol. The first-order valence-electron chi connectivity index (χ1n) is 12.1. The summed E-state index contributed by atoms with van der Waals surface area (Å²) >= 11 is 0. The van der Waals surface area contributed by atoms with Gasteiger partial charge in [-0.3, -0.25) is 14.6 Å². The Morgan fingerprint density at radius 2 is 1.90 bits per heavy atom. The molecule has 3 aliphatic heterocycles. The van der Waals surface area contributed by atoms with Crippen molar-refractivity contribution in [3.63, 3.8) is 0 Å². The molecule has 1 saturated carbocycles. The fraction of sp³-hybridized carbons (Fsp3) is 0.720. The van der Waals surface area contributed by atoms with Crippen LogP contribution in [0, 0.1) is 24.7 Å². The van der Waals surface area contributed by atoms with E-state index in [-0.39, 0.29) is 5.91 Å². The zero-order valence-corrected chi connectivity index (χ0v) is 18.3. The van der Waals surface area contributed by atoms with Crippen LogP contribution >= 0.6 is 0 Å².